The Labute approximate surface area is 378 Å². The van der Waals surface area contributed by atoms with E-state index in [-0.39, 0.29) is 10.8 Å². The van der Waals surface area contributed by atoms with Crippen LogP contribution in [0, 0.1) is 5.92 Å². The zero-order chi connectivity index (χ0) is 42.4. The van der Waals surface area contributed by atoms with Crippen molar-refractivity contribution in [3.8, 4) is 22.3 Å². The molecular formula is C60H47NS2. The summed E-state index contributed by atoms with van der Waals surface area (Å²) in [6.45, 7) is 12.3. The Kier molecular flexibility index (Phi) is 8.05. The highest BCUT2D eigenvalue weighted by atomic mass is 32.2. The fourth-order valence-electron chi connectivity index (χ4n) is 11.6. The molecule has 2 heterocycles. The third-order valence-corrected chi connectivity index (χ3v) is 17.1. The van der Waals surface area contributed by atoms with Gasteiger partial charge in [0.1, 0.15) is 0 Å². The summed E-state index contributed by atoms with van der Waals surface area (Å²) in [7, 11) is 0. The molecule has 304 valence electrons. The van der Waals surface area contributed by atoms with Crippen LogP contribution in [0.25, 0.3) is 56.8 Å². The molecule has 3 heteroatoms. The van der Waals surface area contributed by atoms with E-state index < -0.39 is 0 Å². The van der Waals surface area contributed by atoms with Gasteiger partial charge in [0.2, 0.25) is 0 Å². The lowest BCUT2D eigenvalue weighted by Gasteiger charge is -2.34. The first-order valence-corrected chi connectivity index (χ1v) is 24.2. The summed E-state index contributed by atoms with van der Waals surface area (Å²) in [6.07, 6.45) is 9.58. The van der Waals surface area contributed by atoms with Gasteiger partial charge in [0.15, 0.2) is 0 Å². The number of benzene rings is 8. The fraction of sp³-hybridized carbons (Fsp3) is 0.167. The second-order valence-corrected chi connectivity index (χ2v) is 21.4. The van der Waals surface area contributed by atoms with Gasteiger partial charge in [-0.3, -0.25) is 0 Å². The minimum atomic E-state index is -0.212. The van der Waals surface area contributed by atoms with Gasteiger partial charge in [-0.15, -0.1) is 0 Å². The molecule has 0 bridgehead atoms. The van der Waals surface area contributed by atoms with E-state index in [0.717, 1.165) is 12.8 Å². The van der Waals surface area contributed by atoms with E-state index in [1.54, 1.807) is 0 Å². The van der Waals surface area contributed by atoms with Crippen LogP contribution in [0.3, 0.4) is 0 Å². The van der Waals surface area contributed by atoms with Gasteiger partial charge >= 0.3 is 0 Å². The van der Waals surface area contributed by atoms with Crippen molar-refractivity contribution in [1.29, 1.82) is 0 Å². The molecule has 1 nitrogen and oxygen atoms in total. The lowest BCUT2D eigenvalue weighted by molar-refractivity contribution is 0.652. The molecule has 0 radical (unpaired) electrons. The first-order chi connectivity index (χ1) is 30.6. The minimum absolute atomic E-state index is 0.199. The molecule has 0 saturated carbocycles. The first kappa shape index (κ1) is 37.5. The third-order valence-electron chi connectivity index (χ3n) is 14.8. The van der Waals surface area contributed by atoms with Crippen LogP contribution in [-0.2, 0) is 17.3 Å². The van der Waals surface area contributed by atoms with E-state index in [2.05, 4.69) is 203 Å². The molecule has 3 aliphatic carbocycles. The first-order valence-electron chi connectivity index (χ1n) is 22.5. The normalized spacial score (nSPS) is 18.3. The summed E-state index contributed by atoms with van der Waals surface area (Å²) in [5.41, 5.74) is 20.2. The average molecular weight is 846 g/mol. The third kappa shape index (κ3) is 5.39. The topological polar surface area (TPSA) is 3.24 Å². The Morgan fingerprint density at radius 2 is 1.10 bits per heavy atom. The maximum Gasteiger partial charge on any atom is 0.0601 e. The molecule has 2 aliphatic heterocycles. The number of fused-ring (bicyclic) bond motifs is 14. The van der Waals surface area contributed by atoms with Crippen LogP contribution in [0.2, 0.25) is 0 Å². The summed E-state index contributed by atoms with van der Waals surface area (Å²) in [6, 6.07) is 55.3. The molecular weight excluding hydrogens is 799 g/mol. The summed E-state index contributed by atoms with van der Waals surface area (Å²) in [5, 5.41) is 5.42. The molecule has 8 aromatic rings. The van der Waals surface area contributed by atoms with E-state index in [9.17, 15) is 0 Å². The van der Waals surface area contributed by atoms with Crippen LogP contribution in [-0.4, -0.2) is 0 Å². The van der Waals surface area contributed by atoms with Crippen LogP contribution in [0.15, 0.2) is 165 Å². The van der Waals surface area contributed by atoms with Gasteiger partial charge in [-0.2, -0.15) is 0 Å². The van der Waals surface area contributed by atoms with E-state index in [4.69, 9.17) is 0 Å². The average Bonchev–Trinajstić information content (AvgIpc) is 3.57. The summed E-state index contributed by atoms with van der Waals surface area (Å²) in [5.74, 6) is 0.460. The number of anilines is 3. The molecule has 0 spiro atoms. The minimum Gasteiger partial charge on any atom is -0.308 e. The second-order valence-electron chi connectivity index (χ2n) is 19.3. The summed E-state index contributed by atoms with van der Waals surface area (Å²) in [4.78, 5) is 7.84. The number of nitrogens with zero attached hydrogens (tertiary/aromatic N) is 1. The fourth-order valence-corrected chi connectivity index (χ4v) is 13.8. The van der Waals surface area contributed by atoms with Crippen molar-refractivity contribution in [2.24, 2.45) is 5.92 Å². The molecule has 0 amide bonds. The molecule has 0 N–H and O–H groups in total. The highest BCUT2D eigenvalue weighted by Gasteiger charge is 2.44. The van der Waals surface area contributed by atoms with Crippen molar-refractivity contribution >= 4 is 75.2 Å². The van der Waals surface area contributed by atoms with Crippen molar-refractivity contribution in [3.63, 3.8) is 0 Å². The maximum atomic E-state index is 2.62. The van der Waals surface area contributed by atoms with Gasteiger partial charge in [-0.1, -0.05) is 161 Å². The lowest BCUT2D eigenvalue weighted by atomic mass is 9.79. The van der Waals surface area contributed by atoms with Gasteiger partial charge in [-0.25, -0.2) is 0 Å². The molecule has 0 aromatic heterocycles. The van der Waals surface area contributed by atoms with Crippen molar-refractivity contribution in [3.05, 3.63) is 195 Å². The van der Waals surface area contributed by atoms with E-state index in [1.165, 1.54) is 125 Å². The quantitative estimate of drug-likeness (QED) is 0.171. The van der Waals surface area contributed by atoms with Crippen LogP contribution in [0.4, 0.5) is 17.1 Å². The lowest BCUT2D eigenvalue weighted by Crippen LogP contribution is -2.36. The van der Waals surface area contributed by atoms with Crippen LogP contribution < -0.4 is 15.3 Å². The van der Waals surface area contributed by atoms with Crippen molar-refractivity contribution in [1.82, 2.24) is 0 Å². The largest absolute Gasteiger partial charge is 0.308 e. The predicted octanol–water partition coefficient (Wildman–Crippen LogP) is 15.2. The molecule has 8 aromatic carbocycles. The van der Waals surface area contributed by atoms with Gasteiger partial charge in [0, 0.05) is 35.6 Å². The number of hydrogen-bond acceptors (Lipinski definition) is 3. The smallest absolute Gasteiger partial charge is 0.0601 e. The Bertz CT molecular complexity index is 3450. The second kappa shape index (κ2) is 13.5. The molecule has 0 fully saturated rings. The van der Waals surface area contributed by atoms with Gasteiger partial charge in [-0.05, 0) is 162 Å². The molecule has 63 heavy (non-hydrogen) atoms. The predicted molar refractivity (Wildman–Crippen MR) is 268 cm³/mol. The number of para-hydroxylation sites is 2. The standard InChI is InChI=1S/C60H47NS2/c1-35-26-27-41-43(28-35)58-45-33-46-44(32-47(45)60(4,5)49(58)34-52(41)61-50-20-10-14-24-55(50)63-56-25-15-11-21-51(56)61)57-42-19-8-7-17-39(42)38(31-48(57)59(46,2)3)30-37-29-36-16-6-12-22-53(36)62-54-23-13-9-18-40(37)54/h6-25,27-28,30-35H,26,29H2,1-5H3/b37-30-. The maximum absolute atomic E-state index is 2.62. The SMILES string of the molecule is CC1C=c2c3c(cc(N4c5ccccc5Sc5ccccc54)c2=CC1)C(C)(C)c1cc2c(cc1-3)C(C)(C)c1cc(/C=C3/Cc4ccccc4Sc4ccccc43)c3ccccc3c1-2. The highest BCUT2D eigenvalue weighted by molar-refractivity contribution is 8.00. The summed E-state index contributed by atoms with van der Waals surface area (Å²) < 4.78 is 0. The molecule has 1 atom stereocenters. The number of rotatable bonds is 2. The highest BCUT2D eigenvalue weighted by Crippen LogP contribution is 2.58. The Hall–Kier alpha value is -6.00. The van der Waals surface area contributed by atoms with E-state index in [1.807, 2.05) is 23.5 Å². The van der Waals surface area contributed by atoms with E-state index in [0.29, 0.717) is 5.92 Å². The van der Waals surface area contributed by atoms with Crippen LogP contribution in [0.5, 0.6) is 0 Å². The molecule has 0 saturated heterocycles. The van der Waals surface area contributed by atoms with Crippen LogP contribution in [0.1, 0.15) is 80.0 Å². The van der Waals surface area contributed by atoms with Crippen LogP contribution >= 0.6 is 23.5 Å². The van der Waals surface area contributed by atoms with Crippen molar-refractivity contribution in [2.75, 3.05) is 4.90 Å². The molecule has 1 unspecified atom stereocenters. The zero-order valence-corrected chi connectivity index (χ0v) is 38.0. The number of allylic oxidation sites excluding steroid dienone is 1. The summed E-state index contributed by atoms with van der Waals surface area (Å²) >= 11 is 3.78. The molecule has 13 rings (SSSR count). The Morgan fingerprint density at radius 1 is 0.524 bits per heavy atom. The van der Waals surface area contributed by atoms with Crippen molar-refractivity contribution < 1.29 is 0 Å². The zero-order valence-electron chi connectivity index (χ0n) is 36.3. The number of hydrogen-bond donors (Lipinski definition) is 0. The Morgan fingerprint density at radius 3 is 1.83 bits per heavy atom. The Balaban J connectivity index is 1.02. The monoisotopic (exact) mass is 845 g/mol. The van der Waals surface area contributed by atoms with E-state index >= 15 is 0 Å². The van der Waals surface area contributed by atoms with Crippen molar-refractivity contribution in [2.45, 2.75) is 77.9 Å². The van der Waals surface area contributed by atoms with Gasteiger partial charge in [0.05, 0.1) is 17.1 Å². The van der Waals surface area contributed by atoms with Gasteiger partial charge in [0.25, 0.3) is 0 Å². The molecule has 5 aliphatic rings. The van der Waals surface area contributed by atoms with Gasteiger partial charge < -0.3 is 4.90 Å².